The van der Waals surface area contributed by atoms with E-state index in [2.05, 4.69) is 5.32 Å². The van der Waals surface area contributed by atoms with Crippen molar-refractivity contribution >= 4 is 29.4 Å². The Labute approximate surface area is 181 Å². The monoisotopic (exact) mass is 423 g/mol. The number of nitrogens with two attached hydrogens (primary N) is 1. The fourth-order valence-electron chi connectivity index (χ4n) is 3.77. The summed E-state index contributed by atoms with van der Waals surface area (Å²) in [5.74, 6) is 0. The standard InChI is InChI=1S/C24H23Cl2N3/c25-22-20(18-12-6-2-7-13-18)29-21(19-14-8-3-9-15-19)23(26)24(22,27)28-16-17-10-4-1-5-11-17/h1-16,20-23,29H,27H2/b28-16+. The van der Waals surface area contributed by atoms with Gasteiger partial charge in [-0.05, 0) is 16.7 Å². The molecule has 3 nitrogen and oxygen atoms in total. The van der Waals surface area contributed by atoms with Gasteiger partial charge < -0.3 is 11.1 Å². The molecule has 0 aliphatic carbocycles. The first-order chi connectivity index (χ1) is 14.1. The molecule has 4 unspecified atom stereocenters. The van der Waals surface area contributed by atoms with Crippen molar-refractivity contribution in [1.29, 1.82) is 0 Å². The van der Waals surface area contributed by atoms with Crippen LogP contribution in [0, 0.1) is 0 Å². The second kappa shape index (κ2) is 8.68. The molecular formula is C24H23Cl2N3. The molecule has 148 valence electrons. The third kappa shape index (κ3) is 4.10. The summed E-state index contributed by atoms with van der Waals surface area (Å²) < 4.78 is 0. The Morgan fingerprint density at radius 2 is 1.14 bits per heavy atom. The first-order valence-corrected chi connectivity index (χ1v) is 10.5. The highest BCUT2D eigenvalue weighted by Crippen LogP contribution is 2.44. The fraction of sp³-hybridized carbons (Fsp3) is 0.208. The molecule has 1 heterocycles. The second-order valence-corrected chi connectivity index (χ2v) is 8.24. The number of aliphatic imine (C=N–C) groups is 1. The lowest BCUT2D eigenvalue weighted by Crippen LogP contribution is -2.65. The van der Waals surface area contributed by atoms with Gasteiger partial charge in [-0.25, -0.2) is 0 Å². The summed E-state index contributed by atoms with van der Waals surface area (Å²) in [5.41, 5.74) is 8.76. The molecule has 29 heavy (non-hydrogen) atoms. The number of piperidine rings is 1. The number of nitrogens with one attached hydrogen (secondary N) is 1. The van der Waals surface area contributed by atoms with Crippen molar-refractivity contribution in [2.45, 2.75) is 28.5 Å². The predicted octanol–water partition coefficient (Wildman–Crippen LogP) is 5.06. The maximum atomic E-state index is 6.95. The molecule has 4 rings (SSSR count). The Hall–Kier alpha value is -2.17. The number of alkyl halides is 2. The van der Waals surface area contributed by atoms with E-state index in [-0.39, 0.29) is 12.1 Å². The number of halogens is 2. The summed E-state index contributed by atoms with van der Waals surface area (Å²) in [4.78, 5) is 4.75. The third-order valence-electron chi connectivity index (χ3n) is 5.38. The molecule has 0 bridgehead atoms. The van der Waals surface area contributed by atoms with Crippen LogP contribution < -0.4 is 11.1 Å². The van der Waals surface area contributed by atoms with E-state index in [1.54, 1.807) is 6.21 Å². The molecule has 0 aromatic heterocycles. The predicted molar refractivity (Wildman–Crippen MR) is 122 cm³/mol. The summed E-state index contributed by atoms with van der Waals surface area (Å²) in [6.07, 6.45) is 1.76. The summed E-state index contributed by atoms with van der Waals surface area (Å²) in [6.45, 7) is 0. The molecule has 1 aliphatic rings. The first-order valence-electron chi connectivity index (χ1n) is 9.63. The molecule has 0 amide bonds. The minimum absolute atomic E-state index is 0.198. The van der Waals surface area contributed by atoms with Crippen LogP contribution in [0.25, 0.3) is 0 Å². The lowest BCUT2D eigenvalue weighted by atomic mass is 9.82. The van der Waals surface area contributed by atoms with Gasteiger partial charge in [-0.1, -0.05) is 91.0 Å². The van der Waals surface area contributed by atoms with Crippen LogP contribution in [0.4, 0.5) is 0 Å². The van der Waals surface area contributed by atoms with E-state index in [0.717, 1.165) is 16.7 Å². The van der Waals surface area contributed by atoms with E-state index < -0.39 is 16.4 Å². The Balaban J connectivity index is 1.76. The van der Waals surface area contributed by atoms with Crippen LogP contribution in [0.5, 0.6) is 0 Å². The molecule has 3 N–H and O–H groups in total. The molecule has 5 heteroatoms. The topological polar surface area (TPSA) is 50.4 Å². The summed E-state index contributed by atoms with van der Waals surface area (Å²) >= 11 is 13.9. The minimum Gasteiger partial charge on any atom is -0.305 e. The molecule has 3 aromatic rings. The van der Waals surface area contributed by atoms with Crippen LogP contribution in [0.15, 0.2) is 96.0 Å². The van der Waals surface area contributed by atoms with Crippen molar-refractivity contribution in [2.24, 2.45) is 10.7 Å². The lowest BCUT2D eigenvalue weighted by Gasteiger charge is -2.48. The average Bonchev–Trinajstić information content (AvgIpc) is 2.78. The van der Waals surface area contributed by atoms with E-state index >= 15 is 0 Å². The van der Waals surface area contributed by atoms with Gasteiger partial charge in [-0.2, -0.15) is 0 Å². The third-order valence-corrected chi connectivity index (χ3v) is 6.59. The smallest absolute Gasteiger partial charge is 0.144 e. The van der Waals surface area contributed by atoms with Gasteiger partial charge in [0, 0.05) is 6.21 Å². The molecule has 0 saturated carbocycles. The molecule has 0 radical (unpaired) electrons. The largest absolute Gasteiger partial charge is 0.305 e. The van der Waals surface area contributed by atoms with Gasteiger partial charge in [0.2, 0.25) is 0 Å². The van der Waals surface area contributed by atoms with Crippen molar-refractivity contribution in [1.82, 2.24) is 5.32 Å². The maximum absolute atomic E-state index is 6.95. The SMILES string of the molecule is NC1(/N=C/c2ccccc2)C(Cl)C(c2ccccc2)NC(c2ccccc2)C1Cl. The number of hydrogen-bond acceptors (Lipinski definition) is 3. The van der Waals surface area contributed by atoms with Gasteiger partial charge in [0.1, 0.15) is 5.66 Å². The highest BCUT2D eigenvalue weighted by atomic mass is 35.5. The Morgan fingerprint density at radius 1 is 0.724 bits per heavy atom. The van der Waals surface area contributed by atoms with Gasteiger partial charge >= 0.3 is 0 Å². The van der Waals surface area contributed by atoms with Crippen LogP contribution in [0.1, 0.15) is 28.8 Å². The molecule has 4 atom stereocenters. The number of nitrogens with zero attached hydrogens (tertiary/aromatic N) is 1. The average molecular weight is 424 g/mol. The lowest BCUT2D eigenvalue weighted by molar-refractivity contribution is 0.227. The maximum Gasteiger partial charge on any atom is 0.144 e. The van der Waals surface area contributed by atoms with Crippen LogP contribution >= 0.6 is 23.2 Å². The van der Waals surface area contributed by atoms with Crippen LogP contribution in [-0.4, -0.2) is 22.6 Å². The van der Waals surface area contributed by atoms with Gasteiger partial charge in [-0.3, -0.25) is 4.99 Å². The fourth-order valence-corrected chi connectivity index (χ4v) is 4.65. The summed E-state index contributed by atoms with van der Waals surface area (Å²) in [5, 5.41) is 2.55. The highest BCUT2D eigenvalue weighted by molar-refractivity contribution is 6.26. The van der Waals surface area contributed by atoms with Crippen LogP contribution in [0.2, 0.25) is 0 Å². The minimum atomic E-state index is -1.16. The Bertz CT molecular complexity index is 896. The highest BCUT2D eigenvalue weighted by Gasteiger charge is 2.52. The van der Waals surface area contributed by atoms with E-state index in [9.17, 15) is 0 Å². The number of rotatable bonds is 4. The number of benzene rings is 3. The molecular weight excluding hydrogens is 401 g/mol. The summed E-state index contributed by atoms with van der Waals surface area (Å²) in [7, 11) is 0. The molecule has 1 aliphatic heterocycles. The second-order valence-electron chi connectivity index (χ2n) is 7.30. The van der Waals surface area contributed by atoms with Crippen molar-refractivity contribution in [3.63, 3.8) is 0 Å². The molecule has 1 saturated heterocycles. The van der Waals surface area contributed by atoms with Gasteiger partial charge in [0.05, 0.1) is 22.8 Å². The van der Waals surface area contributed by atoms with Crippen molar-refractivity contribution < 1.29 is 0 Å². The first kappa shape index (κ1) is 20.1. The summed E-state index contributed by atoms with van der Waals surface area (Å²) in [6, 6.07) is 29.6. The zero-order chi connectivity index (χ0) is 20.3. The molecule has 3 aromatic carbocycles. The Morgan fingerprint density at radius 3 is 1.59 bits per heavy atom. The quantitative estimate of drug-likeness (QED) is 0.454. The molecule has 0 spiro atoms. The zero-order valence-electron chi connectivity index (χ0n) is 15.8. The van der Waals surface area contributed by atoms with Gasteiger partial charge in [-0.15, -0.1) is 23.2 Å². The molecule has 1 fully saturated rings. The van der Waals surface area contributed by atoms with Crippen molar-refractivity contribution in [2.75, 3.05) is 0 Å². The van der Waals surface area contributed by atoms with Gasteiger partial charge in [0.25, 0.3) is 0 Å². The Kier molecular flexibility index (Phi) is 6.02. The van der Waals surface area contributed by atoms with Crippen molar-refractivity contribution in [3.8, 4) is 0 Å². The van der Waals surface area contributed by atoms with Crippen LogP contribution in [-0.2, 0) is 0 Å². The van der Waals surface area contributed by atoms with E-state index in [0.29, 0.717) is 0 Å². The van der Waals surface area contributed by atoms with Gasteiger partial charge in [0.15, 0.2) is 0 Å². The zero-order valence-corrected chi connectivity index (χ0v) is 17.3. The van der Waals surface area contributed by atoms with Crippen LogP contribution in [0.3, 0.4) is 0 Å². The number of hydrogen-bond donors (Lipinski definition) is 2. The normalized spacial score (nSPS) is 29.8. The van der Waals surface area contributed by atoms with Crippen molar-refractivity contribution in [3.05, 3.63) is 108 Å². The van der Waals surface area contributed by atoms with E-state index in [1.165, 1.54) is 0 Å². The van der Waals surface area contributed by atoms with E-state index in [1.807, 2.05) is 91.0 Å². The van der Waals surface area contributed by atoms with E-state index in [4.69, 9.17) is 33.9 Å².